The smallest absolute Gasteiger partial charge is 0.191 e. The third-order valence-corrected chi connectivity index (χ3v) is 3.39. The molecule has 0 amide bonds. The van der Waals surface area contributed by atoms with Gasteiger partial charge in [0.2, 0.25) is 0 Å². The van der Waals surface area contributed by atoms with Crippen LogP contribution in [0.5, 0.6) is 0 Å². The topological polar surface area (TPSA) is 49.3 Å². The van der Waals surface area contributed by atoms with Crippen molar-refractivity contribution in [3.05, 3.63) is 29.0 Å². The van der Waals surface area contributed by atoms with E-state index in [4.69, 9.17) is 11.6 Å². The minimum Gasteiger partial charge on any atom is -0.354 e. The molecule has 0 radical (unpaired) electrons. The number of halogens is 1. The van der Waals surface area contributed by atoms with Gasteiger partial charge in [0.05, 0.1) is 0 Å². The first-order valence-corrected chi connectivity index (χ1v) is 6.73. The molecule has 0 aliphatic heterocycles. The molecule has 0 atom stereocenters. The molecule has 1 fully saturated rings. The first-order valence-electron chi connectivity index (χ1n) is 6.35. The number of nitrogens with zero attached hydrogens (tertiary/aromatic N) is 2. The van der Waals surface area contributed by atoms with E-state index in [9.17, 15) is 0 Å². The van der Waals surface area contributed by atoms with E-state index in [1.54, 1.807) is 19.3 Å². The molecule has 0 unspecified atom stereocenters. The Morgan fingerprint density at radius 2 is 2.22 bits per heavy atom. The number of nitrogens with one attached hydrogen (secondary N) is 2. The molecule has 1 saturated carbocycles. The molecule has 0 saturated heterocycles. The first-order chi connectivity index (χ1) is 8.78. The second-order valence-corrected chi connectivity index (χ2v) is 4.93. The van der Waals surface area contributed by atoms with Gasteiger partial charge in [0.15, 0.2) is 5.96 Å². The van der Waals surface area contributed by atoms with Crippen molar-refractivity contribution in [1.29, 1.82) is 0 Å². The zero-order valence-corrected chi connectivity index (χ0v) is 11.4. The third-order valence-electron chi connectivity index (χ3n) is 3.17. The molecule has 1 aliphatic rings. The van der Waals surface area contributed by atoms with Crippen LogP contribution >= 0.6 is 11.6 Å². The summed E-state index contributed by atoms with van der Waals surface area (Å²) in [5.74, 6) is 0.858. The van der Waals surface area contributed by atoms with Gasteiger partial charge in [-0.2, -0.15) is 0 Å². The minimum absolute atomic E-state index is 0.521. The fraction of sp³-hybridized carbons (Fsp3) is 0.538. The molecule has 4 nitrogen and oxygen atoms in total. The van der Waals surface area contributed by atoms with Gasteiger partial charge in [-0.25, -0.2) is 4.98 Å². The predicted molar refractivity (Wildman–Crippen MR) is 74.8 cm³/mol. The van der Waals surface area contributed by atoms with Crippen LogP contribution in [-0.4, -0.2) is 24.0 Å². The first kappa shape index (κ1) is 13.1. The Balaban J connectivity index is 1.81. The molecular formula is C13H19ClN4. The SMILES string of the molecule is CN=C(NCc1ccc(Cl)nc1)NC1CCCC1. The van der Waals surface area contributed by atoms with Gasteiger partial charge in [0, 0.05) is 25.8 Å². The van der Waals surface area contributed by atoms with Crippen molar-refractivity contribution in [2.75, 3.05) is 7.05 Å². The van der Waals surface area contributed by atoms with Gasteiger partial charge >= 0.3 is 0 Å². The second-order valence-electron chi connectivity index (χ2n) is 4.54. The number of rotatable bonds is 3. The summed E-state index contributed by atoms with van der Waals surface area (Å²) in [7, 11) is 1.80. The molecular weight excluding hydrogens is 248 g/mol. The van der Waals surface area contributed by atoms with Crippen LogP contribution in [0.25, 0.3) is 0 Å². The number of guanidine groups is 1. The molecule has 0 spiro atoms. The summed E-state index contributed by atoms with van der Waals surface area (Å²) in [4.78, 5) is 8.28. The molecule has 0 bridgehead atoms. The second kappa shape index (κ2) is 6.59. The average molecular weight is 267 g/mol. The van der Waals surface area contributed by atoms with E-state index in [0.29, 0.717) is 17.7 Å². The van der Waals surface area contributed by atoms with Gasteiger partial charge in [0.25, 0.3) is 0 Å². The van der Waals surface area contributed by atoms with E-state index in [2.05, 4.69) is 20.6 Å². The van der Waals surface area contributed by atoms with Crippen molar-refractivity contribution in [3.8, 4) is 0 Å². The third kappa shape index (κ3) is 3.88. The largest absolute Gasteiger partial charge is 0.354 e. The van der Waals surface area contributed by atoms with Crippen LogP contribution in [0.4, 0.5) is 0 Å². The summed E-state index contributed by atoms with van der Waals surface area (Å²) in [6.45, 7) is 0.705. The minimum atomic E-state index is 0.521. The van der Waals surface area contributed by atoms with Crippen LogP contribution in [0.3, 0.4) is 0 Å². The van der Waals surface area contributed by atoms with Gasteiger partial charge in [-0.15, -0.1) is 0 Å². The highest BCUT2D eigenvalue weighted by atomic mass is 35.5. The van der Waals surface area contributed by atoms with Crippen molar-refractivity contribution < 1.29 is 0 Å². The summed E-state index contributed by atoms with van der Waals surface area (Å²) in [6.07, 6.45) is 6.89. The van der Waals surface area contributed by atoms with Crippen molar-refractivity contribution in [3.63, 3.8) is 0 Å². The molecule has 18 heavy (non-hydrogen) atoms. The molecule has 2 rings (SSSR count). The molecule has 1 heterocycles. The van der Waals surface area contributed by atoms with Crippen molar-refractivity contribution in [2.24, 2.45) is 4.99 Å². The van der Waals surface area contributed by atoms with Crippen LogP contribution in [0.2, 0.25) is 5.15 Å². The predicted octanol–water partition coefficient (Wildman–Crippen LogP) is 2.34. The number of pyridine rings is 1. The number of hydrogen-bond acceptors (Lipinski definition) is 2. The van der Waals surface area contributed by atoms with Gasteiger partial charge < -0.3 is 10.6 Å². The van der Waals surface area contributed by atoms with Gasteiger partial charge in [-0.05, 0) is 24.5 Å². The molecule has 1 aliphatic carbocycles. The average Bonchev–Trinajstić information content (AvgIpc) is 2.89. The number of hydrogen-bond donors (Lipinski definition) is 2. The summed E-state index contributed by atoms with van der Waals surface area (Å²) in [5, 5.41) is 7.25. The number of aromatic nitrogens is 1. The highest BCUT2D eigenvalue weighted by molar-refractivity contribution is 6.29. The lowest BCUT2D eigenvalue weighted by Crippen LogP contribution is -2.41. The standard InChI is InChI=1S/C13H19ClN4/c1-15-13(18-11-4-2-3-5-11)17-9-10-6-7-12(14)16-8-10/h6-8,11H,2-5,9H2,1H3,(H2,15,17,18). The van der Waals surface area contributed by atoms with Crippen LogP contribution in [0.15, 0.2) is 23.3 Å². The number of aliphatic imine (C=N–C) groups is 1. The van der Waals surface area contributed by atoms with E-state index >= 15 is 0 Å². The van der Waals surface area contributed by atoms with Crippen LogP contribution < -0.4 is 10.6 Å². The Labute approximate surface area is 113 Å². The van der Waals surface area contributed by atoms with Crippen molar-refractivity contribution in [2.45, 2.75) is 38.3 Å². The van der Waals surface area contributed by atoms with E-state index < -0.39 is 0 Å². The zero-order chi connectivity index (χ0) is 12.8. The fourth-order valence-electron chi connectivity index (χ4n) is 2.15. The van der Waals surface area contributed by atoms with Crippen LogP contribution in [0, 0.1) is 0 Å². The summed E-state index contributed by atoms with van der Waals surface area (Å²) >= 11 is 5.75. The summed E-state index contributed by atoms with van der Waals surface area (Å²) in [6, 6.07) is 4.33. The fourth-order valence-corrected chi connectivity index (χ4v) is 2.27. The maximum Gasteiger partial charge on any atom is 0.191 e. The van der Waals surface area contributed by atoms with Crippen LogP contribution in [-0.2, 0) is 6.54 Å². The lowest BCUT2D eigenvalue weighted by molar-refractivity contribution is 0.613. The van der Waals surface area contributed by atoms with E-state index in [-0.39, 0.29) is 0 Å². The van der Waals surface area contributed by atoms with Gasteiger partial charge in [0.1, 0.15) is 5.15 Å². The Bertz CT molecular complexity index is 396. The van der Waals surface area contributed by atoms with E-state index in [1.165, 1.54) is 25.7 Å². The van der Waals surface area contributed by atoms with Gasteiger partial charge in [-0.1, -0.05) is 30.5 Å². The maximum atomic E-state index is 5.75. The quantitative estimate of drug-likeness (QED) is 0.502. The normalized spacial score (nSPS) is 16.9. The summed E-state index contributed by atoms with van der Waals surface area (Å²) in [5.41, 5.74) is 1.09. The van der Waals surface area contributed by atoms with Crippen LogP contribution in [0.1, 0.15) is 31.2 Å². The van der Waals surface area contributed by atoms with Gasteiger partial charge in [-0.3, -0.25) is 4.99 Å². The highest BCUT2D eigenvalue weighted by Gasteiger charge is 2.15. The highest BCUT2D eigenvalue weighted by Crippen LogP contribution is 2.17. The van der Waals surface area contributed by atoms with Crippen molar-refractivity contribution >= 4 is 17.6 Å². The lowest BCUT2D eigenvalue weighted by Gasteiger charge is -2.16. The molecule has 0 aromatic carbocycles. The molecule has 2 N–H and O–H groups in total. The maximum absolute atomic E-state index is 5.75. The molecule has 5 heteroatoms. The summed E-state index contributed by atoms with van der Waals surface area (Å²) < 4.78 is 0. The Morgan fingerprint density at radius 3 is 2.83 bits per heavy atom. The Kier molecular flexibility index (Phi) is 4.81. The monoisotopic (exact) mass is 266 g/mol. The van der Waals surface area contributed by atoms with Crippen molar-refractivity contribution in [1.82, 2.24) is 15.6 Å². The molecule has 98 valence electrons. The molecule has 1 aromatic heterocycles. The zero-order valence-electron chi connectivity index (χ0n) is 10.6. The van der Waals surface area contributed by atoms with E-state index in [0.717, 1.165) is 11.5 Å². The lowest BCUT2D eigenvalue weighted by atomic mass is 10.2. The molecule has 1 aromatic rings. The Morgan fingerprint density at radius 1 is 1.44 bits per heavy atom. The van der Waals surface area contributed by atoms with E-state index in [1.807, 2.05) is 6.07 Å². The Hall–Kier alpha value is -1.29.